The molecule has 1 unspecified atom stereocenters. The molecule has 10 nitrogen and oxygen atoms in total. The van der Waals surface area contributed by atoms with Gasteiger partial charge in [-0.25, -0.2) is 4.79 Å². The van der Waals surface area contributed by atoms with Crippen molar-refractivity contribution in [1.82, 2.24) is 24.9 Å². The molecule has 2 aliphatic rings. The van der Waals surface area contributed by atoms with Gasteiger partial charge in [-0.2, -0.15) is 14.9 Å². The average Bonchev–Trinajstić information content (AvgIpc) is 3.66. The number of carbonyl (C=O) groups excluding carboxylic acids is 3. The number of rotatable bonds is 8. The topological polar surface area (TPSA) is 120 Å². The molecule has 34 heavy (non-hydrogen) atoms. The van der Waals surface area contributed by atoms with Crippen LogP contribution in [-0.4, -0.2) is 49.1 Å². The van der Waals surface area contributed by atoms with E-state index < -0.39 is 17.7 Å². The van der Waals surface area contributed by atoms with E-state index in [1.807, 2.05) is 13.8 Å². The van der Waals surface area contributed by atoms with Crippen LogP contribution in [0.2, 0.25) is 0 Å². The Morgan fingerprint density at radius 3 is 2.29 bits per heavy atom. The molecule has 2 N–H and O–H groups in total. The first-order valence-corrected chi connectivity index (χ1v) is 12.0. The van der Waals surface area contributed by atoms with Crippen LogP contribution in [0.15, 0.2) is 24.7 Å². The van der Waals surface area contributed by atoms with Crippen molar-refractivity contribution in [3.05, 3.63) is 30.4 Å². The lowest BCUT2D eigenvalue weighted by Crippen LogP contribution is -2.50. The van der Waals surface area contributed by atoms with Gasteiger partial charge in [0.15, 0.2) is 0 Å². The zero-order valence-electron chi connectivity index (χ0n) is 20.4. The highest BCUT2D eigenvalue weighted by molar-refractivity contribution is 6.00. The highest BCUT2D eigenvalue weighted by Gasteiger charge is 2.48. The summed E-state index contributed by atoms with van der Waals surface area (Å²) in [6, 6.07) is 0.996. The van der Waals surface area contributed by atoms with Crippen molar-refractivity contribution in [2.45, 2.75) is 78.0 Å². The predicted molar refractivity (Wildman–Crippen MR) is 125 cm³/mol. The minimum atomic E-state index is -0.687. The fourth-order valence-electron chi connectivity index (χ4n) is 4.36. The summed E-state index contributed by atoms with van der Waals surface area (Å²) in [6.07, 6.45) is 8.06. The van der Waals surface area contributed by atoms with Crippen LogP contribution in [0.3, 0.4) is 0 Å². The minimum Gasteiger partial charge on any atom is -0.442 e. The number of hydrogen-bond acceptors (Lipinski definition) is 6. The Kier molecular flexibility index (Phi) is 6.51. The molecule has 0 aliphatic heterocycles. The van der Waals surface area contributed by atoms with Gasteiger partial charge in [0.05, 0.1) is 18.1 Å². The van der Waals surface area contributed by atoms with Crippen LogP contribution in [0.4, 0.5) is 10.5 Å². The van der Waals surface area contributed by atoms with Crippen molar-refractivity contribution in [2.24, 2.45) is 17.8 Å². The number of aromatic nitrogens is 4. The number of nitrogens with zero attached hydrogens (tertiary/aromatic N) is 4. The van der Waals surface area contributed by atoms with Gasteiger partial charge in [0.1, 0.15) is 17.3 Å². The van der Waals surface area contributed by atoms with E-state index >= 15 is 0 Å². The molecule has 0 spiro atoms. The fourth-order valence-corrected chi connectivity index (χ4v) is 4.36. The summed E-state index contributed by atoms with van der Waals surface area (Å²) in [5.74, 6) is 0.324. The summed E-state index contributed by atoms with van der Waals surface area (Å²) >= 11 is 0. The van der Waals surface area contributed by atoms with Crippen LogP contribution in [-0.2, 0) is 9.53 Å². The molecule has 0 bridgehead atoms. The molecule has 2 saturated carbocycles. The van der Waals surface area contributed by atoms with E-state index in [2.05, 4.69) is 20.8 Å². The Bertz CT molecular complexity index is 1050. The van der Waals surface area contributed by atoms with E-state index in [0.717, 1.165) is 30.4 Å². The Morgan fingerprint density at radius 1 is 1.09 bits per heavy atom. The third-order valence-electron chi connectivity index (χ3n) is 6.11. The Balaban J connectivity index is 1.51. The summed E-state index contributed by atoms with van der Waals surface area (Å²) in [6.45, 7) is 9.21. The van der Waals surface area contributed by atoms with Crippen molar-refractivity contribution in [2.75, 3.05) is 5.32 Å². The smallest absolute Gasteiger partial charge is 0.435 e. The molecule has 0 aromatic carbocycles. The predicted octanol–water partition coefficient (Wildman–Crippen LogP) is 3.62. The largest absolute Gasteiger partial charge is 0.442 e. The molecular formula is C24H34N6O4. The molecule has 184 valence electrons. The molecule has 1 atom stereocenters. The Morgan fingerprint density at radius 2 is 1.74 bits per heavy atom. The van der Waals surface area contributed by atoms with Crippen molar-refractivity contribution >= 4 is 23.6 Å². The lowest BCUT2D eigenvalue weighted by molar-refractivity contribution is -0.119. The van der Waals surface area contributed by atoms with Crippen LogP contribution in [0.1, 0.15) is 76.8 Å². The number of anilines is 1. The summed E-state index contributed by atoms with van der Waals surface area (Å²) in [7, 11) is 0. The second kappa shape index (κ2) is 9.23. The maximum atomic E-state index is 13.4. The van der Waals surface area contributed by atoms with Gasteiger partial charge in [0.25, 0.3) is 5.91 Å². The van der Waals surface area contributed by atoms with E-state index in [-0.39, 0.29) is 23.8 Å². The molecule has 2 heterocycles. The number of amides is 2. The normalized spacial score (nSPS) is 17.0. The van der Waals surface area contributed by atoms with Crippen molar-refractivity contribution in [3.63, 3.8) is 0 Å². The van der Waals surface area contributed by atoms with Crippen LogP contribution in [0.25, 0.3) is 0 Å². The van der Waals surface area contributed by atoms with E-state index in [1.165, 1.54) is 12.4 Å². The number of carbonyl (C=O) groups is 3. The van der Waals surface area contributed by atoms with E-state index in [4.69, 9.17) is 4.74 Å². The van der Waals surface area contributed by atoms with Gasteiger partial charge in [0, 0.05) is 12.2 Å². The maximum absolute atomic E-state index is 13.4. The summed E-state index contributed by atoms with van der Waals surface area (Å²) in [5, 5.41) is 14.1. The first-order chi connectivity index (χ1) is 16.0. The first-order valence-electron chi connectivity index (χ1n) is 12.0. The zero-order chi connectivity index (χ0) is 24.6. The summed E-state index contributed by atoms with van der Waals surface area (Å²) in [5.41, 5.74) is 0.134. The second-order valence-electron chi connectivity index (χ2n) is 10.6. The van der Waals surface area contributed by atoms with Gasteiger partial charge in [-0.3, -0.25) is 14.3 Å². The van der Waals surface area contributed by atoms with Gasteiger partial charge >= 0.3 is 6.09 Å². The molecule has 0 radical (unpaired) electrons. The standard InChI is InChI=1S/C24H34N6O4/c1-14(2)30-18(10-11-25-30)21(31)28-20(19(15-6-7-15)16-8-9-16)22(32)27-17-12-26-29(13-17)23(33)34-24(3,4)5/h10-16,19-20H,6-9H2,1-5H3,(H,27,32)(H,28,31). The quantitative estimate of drug-likeness (QED) is 0.608. The van der Waals surface area contributed by atoms with E-state index in [1.54, 1.807) is 37.7 Å². The second-order valence-corrected chi connectivity index (χ2v) is 10.6. The lowest BCUT2D eigenvalue weighted by atomic mass is 9.88. The molecule has 2 aromatic rings. The fraction of sp³-hybridized carbons (Fsp3) is 0.625. The molecule has 0 saturated heterocycles. The van der Waals surface area contributed by atoms with Crippen LogP contribution in [0, 0.1) is 17.8 Å². The first kappa shape index (κ1) is 24.0. The van der Waals surface area contributed by atoms with Gasteiger partial charge < -0.3 is 15.4 Å². The van der Waals surface area contributed by atoms with E-state index in [9.17, 15) is 14.4 Å². The minimum absolute atomic E-state index is 0.0179. The summed E-state index contributed by atoms with van der Waals surface area (Å²) in [4.78, 5) is 38.9. The number of nitrogens with one attached hydrogen (secondary N) is 2. The lowest BCUT2D eigenvalue weighted by Gasteiger charge is -2.27. The van der Waals surface area contributed by atoms with Crippen molar-refractivity contribution in [3.8, 4) is 0 Å². The van der Waals surface area contributed by atoms with Crippen LogP contribution < -0.4 is 10.6 Å². The molecule has 2 aliphatic carbocycles. The molecule has 2 fully saturated rings. The molecule has 2 amide bonds. The van der Waals surface area contributed by atoms with Crippen LogP contribution in [0.5, 0.6) is 0 Å². The Hall–Kier alpha value is -3.17. The third-order valence-corrected chi connectivity index (χ3v) is 6.11. The molecule has 4 rings (SSSR count). The highest BCUT2D eigenvalue weighted by atomic mass is 16.6. The van der Waals surface area contributed by atoms with Gasteiger partial charge in [0.2, 0.25) is 5.91 Å². The average molecular weight is 471 g/mol. The molecular weight excluding hydrogens is 436 g/mol. The van der Waals surface area contributed by atoms with Crippen molar-refractivity contribution in [1.29, 1.82) is 0 Å². The summed E-state index contributed by atoms with van der Waals surface area (Å²) < 4.78 is 8.02. The van der Waals surface area contributed by atoms with Crippen LogP contribution >= 0.6 is 0 Å². The highest BCUT2D eigenvalue weighted by Crippen LogP contribution is 2.50. The monoisotopic (exact) mass is 470 g/mol. The molecule has 2 aromatic heterocycles. The van der Waals surface area contributed by atoms with Gasteiger partial charge in [-0.05, 0) is 84.1 Å². The Labute approximate surface area is 199 Å². The molecule has 10 heteroatoms. The SMILES string of the molecule is CC(C)n1nccc1C(=O)NC(C(=O)Nc1cnn(C(=O)OC(C)(C)C)c1)C(C1CC1)C1CC1. The zero-order valence-corrected chi connectivity index (χ0v) is 20.4. The van der Waals surface area contributed by atoms with Crippen molar-refractivity contribution < 1.29 is 19.1 Å². The van der Waals surface area contributed by atoms with Gasteiger partial charge in [-0.1, -0.05) is 0 Å². The third kappa shape index (κ3) is 5.66. The number of hydrogen-bond donors (Lipinski definition) is 2. The maximum Gasteiger partial charge on any atom is 0.435 e. The number of ether oxygens (including phenoxy) is 1. The van der Waals surface area contributed by atoms with Gasteiger partial charge in [-0.15, -0.1) is 0 Å². The van der Waals surface area contributed by atoms with E-state index in [0.29, 0.717) is 23.2 Å².